The number of aliphatic hydroxyl groups excluding tert-OH is 1. The van der Waals surface area contributed by atoms with E-state index in [2.05, 4.69) is 10.4 Å². The van der Waals surface area contributed by atoms with Crippen molar-refractivity contribution in [2.75, 3.05) is 18.5 Å². The maximum absolute atomic E-state index is 12.4. The number of hydrazine groups is 1. The third-order valence-corrected chi connectivity index (χ3v) is 3.55. The number of hydrogen-bond acceptors (Lipinski definition) is 5. The summed E-state index contributed by atoms with van der Waals surface area (Å²) < 4.78 is 0. The maximum Gasteiger partial charge on any atom is 0.254 e. The van der Waals surface area contributed by atoms with Crippen LogP contribution >= 0.6 is 0 Å². The first kappa shape index (κ1) is 13.8. The van der Waals surface area contributed by atoms with Gasteiger partial charge in [0.25, 0.3) is 5.91 Å². The zero-order valence-corrected chi connectivity index (χ0v) is 11.3. The van der Waals surface area contributed by atoms with Gasteiger partial charge in [-0.15, -0.1) is 0 Å². The van der Waals surface area contributed by atoms with Crippen molar-refractivity contribution in [1.82, 2.24) is 9.88 Å². The molecule has 4 N–H and O–H groups in total. The number of rotatable bonds is 2. The van der Waals surface area contributed by atoms with Gasteiger partial charge in [0.15, 0.2) is 0 Å². The Bertz CT molecular complexity index is 478. The summed E-state index contributed by atoms with van der Waals surface area (Å²) >= 11 is 0. The number of nitrogens with zero attached hydrogens (tertiary/aromatic N) is 2. The van der Waals surface area contributed by atoms with Gasteiger partial charge in [-0.3, -0.25) is 4.79 Å². The second-order valence-electron chi connectivity index (χ2n) is 5.11. The van der Waals surface area contributed by atoms with Gasteiger partial charge >= 0.3 is 0 Å². The lowest BCUT2D eigenvalue weighted by atomic mass is 9.95. The van der Waals surface area contributed by atoms with Crippen LogP contribution in [0, 0.1) is 12.8 Å². The summed E-state index contributed by atoms with van der Waals surface area (Å²) in [6.45, 7) is 4.86. The van der Waals surface area contributed by atoms with E-state index >= 15 is 0 Å². The minimum Gasteiger partial charge on any atom is -0.391 e. The molecule has 1 aromatic heterocycles. The molecule has 1 aliphatic rings. The van der Waals surface area contributed by atoms with Gasteiger partial charge in [-0.25, -0.2) is 10.8 Å². The average Bonchev–Trinajstić information content (AvgIpc) is 2.40. The smallest absolute Gasteiger partial charge is 0.254 e. The monoisotopic (exact) mass is 264 g/mol. The summed E-state index contributed by atoms with van der Waals surface area (Å²) in [6.07, 6.45) is 0.367. The number of amides is 1. The third kappa shape index (κ3) is 3.02. The van der Waals surface area contributed by atoms with Crippen molar-refractivity contribution in [3.05, 3.63) is 23.4 Å². The van der Waals surface area contributed by atoms with Crippen LogP contribution in [-0.4, -0.2) is 40.1 Å². The highest BCUT2D eigenvalue weighted by Gasteiger charge is 2.28. The minimum absolute atomic E-state index is 0.0899. The van der Waals surface area contributed by atoms with Crippen molar-refractivity contribution in [2.45, 2.75) is 26.4 Å². The van der Waals surface area contributed by atoms with Gasteiger partial charge in [0.05, 0.1) is 6.10 Å². The zero-order valence-electron chi connectivity index (χ0n) is 11.3. The number of aromatic nitrogens is 1. The number of nitrogen functional groups attached to an aromatic ring is 1. The number of pyridine rings is 1. The SMILES string of the molecule is Cc1cc(C(=O)N2CCC(C)C(O)C2)cc(NN)n1. The lowest BCUT2D eigenvalue weighted by Gasteiger charge is -2.34. The molecule has 2 rings (SSSR count). The molecule has 0 bridgehead atoms. The number of likely N-dealkylation sites (tertiary alicyclic amines) is 1. The van der Waals surface area contributed by atoms with Crippen LogP contribution in [0.2, 0.25) is 0 Å². The van der Waals surface area contributed by atoms with E-state index in [1.54, 1.807) is 17.0 Å². The predicted molar refractivity (Wildman–Crippen MR) is 72.5 cm³/mol. The van der Waals surface area contributed by atoms with E-state index in [9.17, 15) is 9.90 Å². The lowest BCUT2D eigenvalue weighted by Crippen LogP contribution is -2.45. The Hall–Kier alpha value is -1.66. The highest BCUT2D eigenvalue weighted by atomic mass is 16.3. The molecule has 0 saturated carbocycles. The molecular formula is C13H20N4O2. The van der Waals surface area contributed by atoms with Crippen LogP contribution in [0.15, 0.2) is 12.1 Å². The number of anilines is 1. The molecule has 2 unspecified atom stereocenters. The van der Waals surface area contributed by atoms with Gasteiger partial charge in [0, 0.05) is 24.3 Å². The fourth-order valence-corrected chi connectivity index (χ4v) is 2.28. The van der Waals surface area contributed by atoms with Gasteiger partial charge in [-0.05, 0) is 31.4 Å². The van der Waals surface area contributed by atoms with Crippen LogP contribution in [0.4, 0.5) is 5.82 Å². The summed E-state index contributed by atoms with van der Waals surface area (Å²) in [6, 6.07) is 3.35. The first-order valence-electron chi connectivity index (χ1n) is 6.44. The largest absolute Gasteiger partial charge is 0.391 e. The molecule has 1 amide bonds. The van der Waals surface area contributed by atoms with Crippen LogP contribution in [0.25, 0.3) is 0 Å². The Morgan fingerprint density at radius 3 is 2.95 bits per heavy atom. The molecule has 2 atom stereocenters. The molecule has 104 valence electrons. The third-order valence-electron chi connectivity index (χ3n) is 3.55. The second-order valence-corrected chi connectivity index (χ2v) is 5.11. The van der Waals surface area contributed by atoms with Crippen molar-refractivity contribution in [3.63, 3.8) is 0 Å². The van der Waals surface area contributed by atoms with Crippen molar-refractivity contribution >= 4 is 11.7 Å². The molecule has 1 fully saturated rings. The van der Waals surface area contributed by atoms with E-state index in [1.165, 1.54) is 0 Å². The zero-order chi connectivity index (χ0) is 14.0. The topological polar surface area (TPSA) is 91.5 Å². The number of hydrogen-bond donors (Lipinski definition) is 3. The number of carbonyl (C=O) groups excluding carboxylic acids is 1. The fourth-order valence-electron chi connectivity index (χ4n) is 2.28. The van der Waals surface area contributed by atoms with Crippen molar-refractivity contribution in [2.24, 2.45) is 11.8 Å². The molecule has 0 spiro atoms. The number of piperidine rings is 1. The Labute approximate surface area is 112 Å². The lowest BCUT2D eigenvalue weighted by molar-refractivity contribution is 0.0248. The van der Waals surface area contributed by atoms with Gasteiger partial charge in [-0.1, -0.05) is 6.92 Å². The van der Waals surface area contributed by atoms with Crippen LogP contribution in [0.1, 0.15) is 29.4 Å². The Morgan fingerprint density at radius 1 is 1.58 bits per heavy atom. The highest BCUT2D eigenvalue weighted by molar-refractivity contribution is 5.95. The molecule has 0 radical (unpaired) electrons. The summed E-state index contributed by atoms with van der Waals surface area (Å²) in [7, 11) is 0. The summed E-state index contributed by atoms with van der Waals surface area (Å²) in [4.78, 5) is 18.2. The first-order valence-corrected chi connectivity index (χ1v) is 6.44. The molecule has 1 aliphatic heterocycles. The van der Waals surface area contributed by atoms with E-state index < -0.39 is 6.10 Å². The maximum atomic E-state index is 12.4. The average molecular weight is 264 g/mol. The van der Waals surface area contributed by atoms with Crippen LogP contribution in [-0.2, 0) is 0 Å². The van der Waals surface area contributed by atoms with Crippen molar-refractivity contribution < 1.29 is 9.90 Å². The van der Waals surface area contributed by atoms with E-state index in [4.69, 9.17) is 5.84 Å². The minimum atomic E-state index is -0.451. The summed E-state index contributed by atoms with van der Waals surface area (Å²) in [5.41, 5.74) is 3.72. The van der Waals surface area contributed by atoms with Gasteiger partial charge < -0.3 is 15.4 Å². The van der Waals surface area contributed by atoms with E-state index in [0.29, 0.717) is 24.5 Å². The van der Waals surface area contributed by atoms with E-state index in [1.807, 2.05) is 13.8 Å². The van der Waals surface area contributed by atoms with Crippen LogP contribution in [0.5, 0.6) is 0 Å². The number of carbonyl (C=O) groups is 1. The van der Waals surface area contributed by atoms with Gasteiger partial charge in [0.1, 0.15) is 5.82 Å². The molecule has 1 saturated heterocycles. The van der Waals surface area contributed by atoms with Crippen molar-refractivity contribution in [3.8, 4) is 0 Å². The molecule has 2 heterocycles. The van der Waals surface area contributed by atoms with Gasteiger partial charge in [0.2, 0.25) is 0 Å². The molecule has 0 aromatic carbocycles. The standard InChI is InChI=1S/C13H20N4O2/c1-8-3-4-17(7-11(8)18)13(19)10-5-9(2)15-12(6-10)16-14/h5-6,8,11,18H,3-4,7,14H2,1-2H3,(H,15,16). The summed E-state index contributed by atoms with van der Waals surface area (Å²) in [5, 5.41) is 9.86. The quantitative estimate of drug-likeness (QED) is 0.535. The van der Waals surface area contributed by atoms with Crippen molar-refractivity contribution in [1.29, 1.82) is 0 Å². The second kappa shape index (κ2) is 5.54. The number of aryl methyl sites for hydroxylation is 1. The Balaban J connectivity index is 2.17. The fraction of sp³-hybridized carbons (Fsp3) is 0.538. The molecule has 6 nitrogen and oxygen atoms in total. The van der Waals surface area contributed by atoms with E-state index in [0.717, 1.165) is 12.1 Å². The van der Waals surface area contributed by atoms with Crippen LogP contribution in [0.3, 0.4) is 0 Å². The number of nitrogens with two attached hydrogens (primary N) is 1. The Kier molecular flexibility index (Phi) is 4.01. The van der Waals surface area contributed by atoms with Gasteiger partial charge in [-0.2, -0.15) is 0 Å². The first-order chi connectivity index (χ1) is 9.01. The highest BCUT2D eigenvalue weighted by Crippen LogP contribution is 2.20. The predicted octanol–water partition coefficient (Wildman–Crippen LogP) is 0.519. The number of aliphatic hydroxyl groups is 1. The summed E-state index contributed by atoms with van der Waals surface area (Å²) in [5.74, 6) is 5.95. The van der Waals surface area contributed by atoms with Crippen LogP contribution < -0.4 is 11.3 Å². The molecule has 0 aliphatic carbocycles. The normalized spacial score (nSPS) is 23.3. The molecule has 6 heteroatoms. The number of β-amino-alcohol motifs (C(OH)–C–C–N with tert-alkyl or cyclic N) is 1. The molecular weight excluding hydrogens is 244 g/mol. The molecule has 1 aromatic rings. The number of nitrogens with one attached hydrogen (secondary N) is 1. The van der Waals surface area contributed by atoms with E-state index in [-0.39, 0.29) is 11.8 Å². The molecule has 19 heavy (non-hydrogen) atoms. The Morgan fingerprint density at radius 2 is 2.32 bits per heavy atom.